The van der Waals surface area contributed by atoms with Crippen LogP contribution < -0.4 is 4.74 Å². The van der Waals surface area contributed by atoms with E-state index in [9.17, 15) is 13.2 Å². The first-order valence-corrected chi connectivity index (χ1v) is 9.34. The van der Waals surface area contributed by atoms with Gasteiger partial charge in [0, 0.05) is 0 Å². The van der Waals surface area contributed by atoms with Crippen LogP contribution in [0.3, 0.4) is 0 Å². The molecular formula is C16H21N3O5S. The number of methoxy groups -OCH3 is 1. The van der Waals surface area contributed by atoms with E-state index in [1.165, 1.54) is 18.0 Å². The predicted molar refractivity (Wildman–Crippen MR) is 90.0 cm³/mol. The van der Waals surface area contributed by atoms with E-state index >= 15 is 0 Å². The number of rotatable bonds is 7. The van der Waals surface area contributed by atoms with Gasteiger partial charge in [0.15, 0.2) is 9.84 Å². The Morgan fingerprint density at radius 3 is 2.44 bits per heavy atom. The third kappa shape index (κ3) is 4.56. The second-order valence-corrected chi connectivity index (χ2v) is 7.49. The molecule has 25 heavy (non-hydrogen) atoms. The van der Waals surface area contributed by atoms with Gasteiger partial charge in [0.25, 0.3) is 0 Å². The standard InChI is InChI=1S/C16H21N3O5S/c1-5-24-15(20)9-19-8-13(17-18-19)10-25(21,22)16-11(2)6-14(23-4)7-12(16)3/h6-8H,5,9-10H2,1-4H3. The molecule has 1 aromatic carbocycles. The highest BCUT2D eigenvalue weighted by atomic mass is 32.2. The molecule has 0 N–H and O–H groups in total. The largest absolute Gasteiger partial charge is 0.497 e. The minimum Gasteiger partial charge on any atom is -0.497 e. The third-order valence-electron chi connectivity index (χ3n) is 3.50. The molecule has 136 valence electrons. The van der Waals surface area contributed by atoms with Gasteiger partial charge in [-0.2, -0.15) is 0 Å². The van der Waals surface area contributed by atoms with Gasteiger partial charge in [-0.15, -0.1) is 5.10 Å². The summed E-state index contributed by atoms with van der Waals surface area (Å²) in [5, 5.41) is 7.60. The van der Waals surface area contributed by atoms with Crippen LogP contribution in [0.25, 0.3) is 0 Å². The van der Waals surface area contributed by atoms with Crippen LogP contribution in [0.4, 0.5) is 0 Å². The first-order valence-electron chi connectivity index (χ1n) is 7.69. The van der Waals surface area contributed by atoms with Crippen molar-refractivity contribution in [2.24, 2.45) is 0 Å². The topological polar surface area (TPSA) is 100 Å². The van der Waals surface area contributed by atoms with Crippen molar-refractivity contribution in [3.63, 3.8) is 0 Å². The maximum absolute atomic E-state index is 12.8. The number of carbonyl (C=O) groups is 1. The second kappa shape index (κ2) is 7.64. The molecule has 0 saturated heterocycles. The van der Waals surface area contributed by atoms with Crippen LogP contribution in [-0.2, 0) is 31.7 Å². The number of benzene rings is 1. The lowest BCUT2D eigenvalue weighted by molar-refractivity contribution is -0.144. The Hall–Kier alpha value is -2.42. The van der Waals surface area contributed by atoms with E-state index in [-0.39, 0.29) is 29.5 Å². The van der Waals surface area contributed by atoms with Crippen molar-refractivity contribution in [1.82, 2.24) is 15.0 Å². The first-order chi connectivity index (χ1) is 11.8. The van der Waals surface area contributed by atoms with Crippen molar-refractivity contribution < 1.29 is 22.7 Å². The van der Waals surface area contributed by atoms with Crippen molar-refractivity contribution in [3.8, 4) is 5.75 Å². The Morgan fingerprint density at radius 2 is 1.88 bits per heavy atom. The molecule has 8 nitrogen and oxygen atoms in total. The van der Waals surface area contributed by atoms with Gasteiger partial charge < -0.3 is 9.47 Å². The van der Waals surface area contributed by atoms with Gasteiger partial charge in [-0.05, 0) is 44.0 Å². The molecule has 0 radical (unpaired) electrons. The van der Waals surface area contributed by atoms with E-state index in [1.54, 1.807) is 32.9 Å². The molecule has 2 aromatic rings. The highest BCUT2D eigenvalue weighted by Crippen LogP contribution is 2.27. The van der Waals surface area contributed by atoms with Crippen LogP contribution in [0.2, 0.25) is 0 Å². The van der Waals surface area contributed by atoms with Crippen molar-refractivity contribution >= 4 is 15.8 Å². The van der Waals surface area contributed by atoms with Crippen LogP contribution in [0.5, 0.6) is 5.75 Å². The minimum absolute atomic E-state index is 0.110. The molecule has 0 unspecified atom stereocenters. The number of hydrogen-bond donors (Lipinski definition) is 0. The van der Waals surface area contributed by atoms with Gasteiger partial charge >= 0.3 is 5.97 Å². The maximum Gasteiger partial charge on any atom is 0.327 e. The monoisotopic (exact) mass is 367 g/mol. The fraction of sp³-hybridized carbons (Fsp3) is 0.438. The van der Waals surface area contributed by atoms with Crippen LogP contribution in [0.1, 0.15) is 23.7 Å². The van der Waals surface area contributed by atoms with E-state index in [0.717, 1.165) is 0 Å². The number of carbonyl (C=O) groups excluding carboxylic acids is 1. The molecular weight excluding hydrogens is 346 g/mol. The molecule has 0 bridgehead atoms. The summed E-state index contributed by atoms with van der Waals surface area (Å²) in [7, 11) is -2.08. The quantitative estimate of drug-likeness (QED) is 0.683. The van der Waals surface area contributed by atoms with Gasteiger partial charge in [0.1, 0.15) is 18.0 Å². The highest BCUT2D eigenvalue weighted by Gasteiger charge is 2.23. The summed E-state index contributed by atoms with van der Waals surface area (Å²) in [5.74, 6) is -0.151. The van der Waals surface area contributed by atoms with E-state index in [4.69, 9.17) is 9.47 Å². The number of ether oxygens (including phenoxy) is 2. The average Bonchev–Trinajstić information content (AvgIpc) is 2.92. The number of nitrogens with zero attached hydrogens (tertiary/aromatic N) is 3. The summed E-state index contributed by atoms with van der Waals surface area (Å²) in [4.78, 5) is 11.7. The van der Waals surface area contributed by atoms with Gasteiger partial charge in [-0.3, -0.25) is 4.79 Å². The number of aromatic nitrogens is 3. The van der Waals surface area contributed by atoms with Crippen molar-refractivity contribution in [2.45, 2.75) is 38.0 Å². The Balaban J connectivity index is 2.23. The number of hydrogen-bond acceptors (Lipinski definition) is 7. The van der Waals surface area contributed by atoms with Crippen molar-refractivity contribution in [1.29, 1.82) is 0 Å². The Bertz CT molecular complexity index is 851. The van der Waals surface area contributed by atoms with Gasteiger partial charge in [0.05, 0.1) is 30.5 Å². The fourth-order valence-corrected chi connectivity index (χ4v) is 4.37. The molecule has 0 saturated carbocycles. The normalized spacial score (nSPS) is 11.4. The summed E-state index contributed by atoms with van der Waals surface area (Å²) in [6, 6.07) is 3.36. The Morgan fingerprint density at radius 1 is 1.24 bits per heavy atom. The molecule has 0 aliphatic heterocycles. The van der Waals surface area contributed by atoms with Crippen LogP contribution in [-0.4, -0.2) is 43.1 Å². The Labute approximate surface area is 146 Å². The molecule has 1 heterocycles. The summed E-state index contributed by atoms with van der Waals surface area (Å²) in [6.45, 7) is 5.31. The summed E-state index contributed by atoms with van der Waals surface area (Å²) >= 11 is 0. The molecule has 1 aromatic heterocycles. The fourth-order valence-electron chi connectivity index (χ4n) is 2.61. The first kappa shape index (κ1) is 18.9. The molecule has 0 atom stereocenters. The lowest BCUT2D eigenvalue weighted by Crippen LogP contribution is -2.13. The van der Waals surface area contributed by atoms with Crippen molar-refractivity contribution in [3.05, 3.63) is 35.2 Å². The average molecular weight is 367 g/mol. The van der Waals surface area contributed by atoms with Gasteiger partial charge in [-0.25, -0.2) is 13.1 Å². The zero-order chi connectivity index (χ0) is 18.6. The lowest BCUT2D eigenvalue weighted by atomic mass is 10.1. The zero-order valence-electron chi connectivity index (χ0n) is 14.6. The number of aryl methyl sites for hydroxylation is 2. The number of sulfone groups is 1. The maximum atomic E-state index is 12.8. The molecule has 2 rings (SSSR count). The SMILES string of the molecule is CCOC(=O)Cn1cc(CS(=O)(=O)c2c(C)cc(OC)cc2C)nn1. The zero-order valence-corrected chi connectivity index (χ0v) is 15.5. The summed E-state index contributed by atoms with van der Waals surface area (Å²) in [5.41, 5.74) is 1.48. The van der Waals surface area contributed by atoms with E-state index in [2.05, 4.69) is 10.3 Å². The minimum atomic E-state index is -3.61. The van der Waals surface area contributed by atoms with Gasteiger partial charge in [0.2, 0.25) is 0 Å². The molecule has 0 fully saturated rings. The lowest BCUT2D eigenvalue weighted by Gasteiger charge is -2.12. The molecule has 0 aliphatic rings. The van der Waals surface area contributed by atoms with Crippen LogP contribution in [0.15, 0.2) is 23.2 Å². The molecule has 0 spiro atoms. The van der Waals surface area contributed by atoms with E-state index in [1.807, 2.05) is 0 Å². The Kier molecular flexibility index (Phi) is 5.78. The highest BCUT2D eigenvalue weighted by molar-refractivity contribution is 7.90. The molecule has 0 aliphatic carbocycles. The summed E-state index contributed by atoms with van der Waals surface area (Å²) < 4.78 is 36.8. The van der Waals surface area contributed by atoms with Gasteiger partial charge in [-0.1, -0.05) is 5.21 Å². The smallest absolute Gasteiger partial charge is 0.327 e. The molecule has 0 amide bonds. The van der Waals surface area contributed by atoms with E-state index in [0.29, 0.717) is 16.9 Å². The predicted octanol–water partition coefficient (Wildman–Crippen LogP) is 1.44. The van der Waals surface area contributed by atoms with Crippen LogP contribution >= 0.6 is 0 Å². The summed E-state index contributed by atoms with van der Waals surface area (Å²) in [6.07, 6.45) is 1.43. The second-order valence-electron chi connectivity index (χ2n) is 5.56. The van der Waals surface area contributed by atoms with E-state index < -0.39 is 15.8 Å². The molecule has 9 heteroatoms. The van der Waals surface area contributed by atoms with Crippen molar-refractivity contribution in [2.75, 3.05) is 13.7 Å². The van der Waals surface area contributed by atoms with Crippen LogP contribution in [0, 0.1) is 13.8 Å². The number of esters is 1. The third-order valence-corrected chi connectivity index (χ3v) is 5.44.